The van der Waals surface area contributed by atoms with Crippen molar-refractivity contribution >= 4 is 17.5 Å². The van der Waals surface area contributed by atoms with Gasteiger partial charge in [-0.3, -0.25) is 0 Å². The van der Waals surface area contributed by atoms with Gasteiger partial charge in [-0.1, -0.05) is 13.3 Å². The van der Waals surface area contributed by atoms with Crippen LogP contribution in [0.5, 0.6) is 0 Å². The van der Waals surface area contributed by atoms with E-state index in [1.807, 2.05) is 0 Å². The molecule has 6 heteroatoms. The third-order valence-electron chi connectivity index (χ3n) is 2.50. The van der Waals surface area contributed by atoms with E-state index in [0.717, 1.165) is 19.4 Å². The van der Waals surface area contributed by atoms with Gasteiger partial charge in [0.05, 0.1) is 6.20 Å². The average molecular weight is 261 g/mol. The zero-order valence-electron chi connectivity index (χ0n) is 10.7. The predicted molar refractivity (Wildman–Crippen MR) is 72.9 cm³/mol. The number of hydrogen-bond acceptors (Lipinski definition) is 5. The number of halogens is 1. The Bertz CT molecular complexity index is 515. The molecule has 1 heterocycles. The summed E-state index contributed by atoms with van der Waals surface area (Å²) in [6.07, 6.45) is 3.77. The van der Waals surface area contributed by atoms with Crippen molar-refractivity contribution in [3.63, 3.8) is 0 Å². The molecule has 0 fully saturated rings. The molecule has 0 radical (unpaired) electrons. The number of nitrogens with one attached hydrogen (secondary N) is 2. The Morgan fingerprint density at radius 1 is 1.21 bits per heavy atom. The van der Waals surface area contributed by atoms with E-state index in [1.165, 1.54) is 12.1 Å². The predicted octanol–water partition coefficient (Wildman–Crippen LogP) is 2.97. The standard InChI is InChI=1S/C13H16FN5/c1-2-3-8-15-12-9-16-19-13(18-12)17-11-6-4-10(14)5-7-11/h4-7,9H,2-3,8H2,1H3,(H2,15,17,18,19). The van der Waals surface area contributed by atoms with E-state index in [2.05, 4.69) is 32.7 Å². The topological polar surface area (TPSA) is 62.7 Å². The minimum absolute atomic E-state index is 0.278. The molecule has 0 unspecified atom stereocenters. The lowest BCUT2D eigenvalue weighted by atomic mass is 10.3. The van der Waals surface area contributed by atoms with Gasteiger partial charge in [0.1, 0.15) is 5.82 Å². The lowest BCUT2D eigenvalue weighted by molar-refractivity contribution is 0.628. The van der Waals surface area contributed by atoms with Crippen LogP contribution in [0.25, 0.3) is 0 Å². The molecule has 0 bridgehead atoms. The van der Waals surface area contributed by atoms with Crippen LogP contribution in [0, 0.1) is 5.82 Å². The highest BCUT2D eigenvalue weighted by Crippen LogP contribution is 2.13. The first-order chi connectivity index (χ1) is 9.28. The molecule has 0 atom stereocenters. The van der Waals surface area contributed by atoms with E-state index in [0.29, 0.717) is 17.5 Å². The van der Waals surface area contributed by atoms with E-state index in [9.17, 15) is 4.39 Å². The van der Waals surface area contributed by atoms with Crippen LogP contribution in [-0.4, -0.2) is 21.7 Å². The quantitative estimate of drug-likeness (QED) is 0.783. The molecule has 0 aliphatic rings. The fraction of sp³-hybridized carbons (Fsp3) is 0.308. The highest BCUT2D eigenvalue weighted by atomic mass is 19.1. The summed E-state index contributed by atoms with van der Waals surface area (Å²) in [4.78, 5) is 4.27. The van der Waals surface area contributed by atoms with Crippen molar-refractivity contribution in [3.05, 3.63) is 36.3 Å². The molecule has 0 saturated carbocycles. The van der Waals surface area contributed by atoms with Crippen LogP contribution < -0.4 is 10.6 Å². The molecule has 2 aromatic rings. The Balaban J connectivity index is 2.00. The van der Waals surface area contributed by atoms with Crippen molar-refractivity contribution in [1.29, 1.82) is 0 Å². The Morgan fingerprint density at radius 2 is 2.00 bits per heavy atom. The zero-order valence-corrected chi connectivity index (χ0v) is 10.7. The minimum atomic E-state index is -0.278. The fourth-order valence-corrected chi connectivity index (χ4v) is 1.50. The summed E-state index contributed by atoms with van der Waals surface area (Å²) in [5.41, 5.74) is 0.717. The monoisotopic (exact) mass is 261 g/mol. The van der Waals surface area contributed by atoms with Gasteiger partial charge in [-0.25, -0.2) is 4.39 Å². The second-order valence-corrected chi connectivity index (χ2v) is 4.08. The van der Waals surface area contributed by atoms with Crippen LogP contribution in [0.4, 0.5) is 21.8 Å². The summed E-state index contributed by atoms with van der Waals surface area (Å²) in [6.45, 7) is 2.98. The summed E-state index contributed by atoms with van der Waals surface area (Å²) in [5.74, 6) is 0.778. The van der Waals surface area contributed by atoms with E-state index >= 15 is 0 Å². The Kier molecular flexibility index (Phi) is 4.60. The van der Waals surface area contributed by atoms with Gasteiger partial charge in [0.25, 0.3) is 0 Å². The lowest BCUT2D eigenvalue weighted by Crippen LogP contribution is -2.06. The molecule has 100 valence electrons. The van der Waals surface area contributed by atoms with Gasteiger partial charge in [0.2, 0.25) is 5.95 Å². The maximum atomic E-state index is 12.8. The average Bonchev–Trinajstić information content (AvgIpc) is 2.42. The first kappa shape index (κ1) is 13.2. The first-order valence-electron chi connectivity index (χ1n) is 6.24. The molecule has 2 rings (SSSR count). The number of aromatic nitrogens is 3. The molecule has 0 aliphatic carbocycles. The van der Waals surface area contributed by atoms with Crippen LogP contribution in [0.1, 0.15) is 19.8 Å². The van der Waals surface area contributed by atoms with Gasteiger partial charge >= 0.3 is 0 Å². The Morgan fingerprint density at radius 3 is 2.74 bits per heavy atom. The van der Waals surface area contributed by atoms with E-state index in [-0.39, 0.29) is 5.82 Å². The second-order valence-electron chi connectivity index (χ2n) is 4.08. The molecule has 0 spiro atoms. The van der Waals surface area contributed by atoms with Gasteiger partial charge in [0, 0.05) is 12.2 Å². The summed E-state index contributed by atoms with van der Waals surface area (Å²) >= 11 is 0. The van der Waals surface area contributed by atoms with Crippen LogP contribution in [0.15, 0.2) is 30.5 Å². The number of nitrogens with zero attached hydrogens (tertiary/aromatic N) is 3. The van der Waals surface area contributed by atoms with Crippen molar-refractivity contribution in [3.8, 4) is 0 Å². The molecule has 0 saturated heterocycles. The van der Waals surface area contributed by atoms with Crippen LogP contribution >= 0.6 is 0 Å². The molecule has 0 aliphatic heterocycles. The molecule has 1 aromatic heterocycles. The number of benzene rings is 1. The van der Waals surface area contributed by atoms with Crippen molar-refractivity contribution in [2.24, 2.45) is 0 Å². The van der Waals surface area contributed by atoms with Crippen molar-refractivity contribution < 1.29 is 4.39 Å². The number of anilines is 3. The number of hydrogen-bond donors (Lipinski definition) is 2. The number of rotatable bonds is 6. The van der Waals surface area contributed by atoms with E-state index in [1.54, 1.807) is 18.3 Å². The molecule has 5 nitrogen and oxygen atoms in total. The van der Waals surface area contributed by atoms with Crippen molar-refractivity contribution in [2.75, 3.05) is 17.2 Å². The van der Waals surface area contributed by atoms with Gasteiger partial charge in [0.15, 0.2) is 5.82 Å². The maximum Gasteiger partial charge on any atom is 0.249 e. The van der Waals surface area contributed by atoms with Gasteiger partial charge in [-0.2, -0.15) is 10.1 Å². The van der Waals surface area contributed by atoms with Gasteiger partial charge in [-0.15, -0.1) is 5.10 Å². The van der Waals surface area contributed by atoms with Crippen LogP contribution in [0.3, 0.4) is 0 Å². The Labute approximate surface area is 111 Å². The molecular formula is C13H16FN5. The summed E-state index contributed by atoms with van der Waals surface area (Å²) in [7, 11) is 0. The molecular weight excluding hydrogens is 245 g/mol. The smallest absolute Gasteiger partial charge is 0.249 e. The normalized spacial score (nSPS) is 10.2. The van der Waals surface area contributed by atoms with Crippen molar-refractivity contribution in [2.45, 2.75) is 19.8 Å². The van der Waals surface area contributed by atoms with E-state index in [4.69, 9.17) is 0 Å². The maximum absolute atomic E-state index is 12.8. The highest BCUT2D eigenvalue weighted by Gasteiger charge is 2.01. The van der Waals surface area contributed by atoms with Gasteiger partial charge < -0.3 is 10.6 Å². The van der Waals surface area contributed by atoms with Crippen molar-refractivity contribution in [1.82, 2.24) is 15.2 Å². The SMILES string of the molecule is CCCCNc1cnnc(Nc2ccc(F)cc2)n1. The largest absolute Gasteiger partial charge is 0.369 e. The third-order valence-corrected chi connectivity index (χ3v) is 2.50. The summed E-state index contributed by atoms with van der Waals surface area (Å²) < 4.78 is 12.8. The molecule has 19 heavy (non-hydrogen) atoms. The fourth-order valence-electron chi connectivity index (χ4n) is 1.50. The van der Waals surface area contributed by atoms with E-state index < -0.39 is 0 Å². The summed E-state index contributed by atoms with van der Waals surface area (Å²) in [5, 5.41) is 13.9. The Hall–Kier alpha value is -2.24. The molecule has 1 aromatic carbocycles. The first-order valence-corrected chi connectivity index (χ1v) is 6.24. The van der Waals surface area contributed by atoms with Crippen LogP contribution in [-0.2, 0) is 0 Å². The second kappa shape index (κ2) is 6.63. The molecule has 0 amide bonds. The number of unbranched alkanes of at least 4 members (excludes halogenated alkanes) is 1. The highest BCUT2D eigenvalue weighted by molar-refractivity contribution is 5.53. The third kappa shape index (κ3) is 4.17. The molecule has 2 N–H and O–H groups in total. The summed E-state index contributed by atoms with van der Waals surface area (Å²) in [6, 6.07) is 5.99. The van der Waals surface area contributed by atoms with Crippen LogP contribution in [0.2, 0.25) is 0 Å². The zero-order chi connectivity index (χ0) is 13.5. The lowest BCUT2D eigenvalue weighted by Gasteiger charge is -2.07. The minimum Gasteiger partial charge on any atom is -0.369 e. The van der Waals surface area contributed by atoms with Gasteiger partial charge in [-0.05, 0) is 30.7 Å².